The van der Waals surface area contributed by atoms with Crippen LogP contribution in [0.25, 0.3) is 0 Å². The molecule has 0 bridgehead atoms. The van der Waals surface area contributed by atoms with Crippen LogP contribution < -0.4 is 28.6 Å². The Kier molecular flexibility index (Phi) is 6.14. The third kappa shape index (κ3) is 4.65. The van der Waals surface area contributed by atoms with Crippen molar-refractivity contribution in [2.75, 3.05) is 4.90 Å². The van der Waals surface area contributed by atoms with Gasteiger partial charge in [-0.15, -0.1) is 0 Å². The van der Waals surface area contributed by atoms with Crippen molar-refractivity contribution in [3.63, 3.8) is 0 Å². The Balaban J connectivity index is 1.21. The van der Waals surface area contributed by atoms with E-state index in [0.29, 0.717) is 40.2 Å². The molecule has 7 aromatic carbocycles. The molecule has 0 fully saturated rings. The van der Waals surface area contributed by atoms with Crippen LogP contribution in [0.5, 0.6) is 57.5 Å². The van der Waals surface area contributed by atoms with E-state index in [2.05, 4.69) is 29.2 Å². The fourth-order valence-corrected chi connectivity index (χ4v) is 7.03. The first kappa shape index (κ1) is 27.5. The number of rotatable bonds is 7. The van der Waals surface area contributed by atoms with Crippen LogP contribution >= 0.6 is 0 Å². The molecule has 0 aromatic heterocycles. The van der Waals surface area contributed by atoms with Crippen molar-refractivity contribution in [2.45, 2.75) is 5.92 Å². The smallest absolute Gasteiger partial charge is 0.139 e. The molecule has 6 nitrogen and oxygen atoms in total. The Morgan fingerprint density at radius 2 is 0.714 bits per heavy atom. The predicted octanol–water partition coefficient (Wildman–Crippen LogP) is 12.2. The summed E-state index contributed by atoms with van der Waals surface area (Å²) in [5.41, 5.74) is 5.95. The van der Waals surface area contributed by atoms with E-state index in [4.69, 9.17) is 23.7 Å². The third-order valence-corrected chi connectivity index (χ3v) is 9.00. The molecule has 10 rings (SSSR count). The van der Waals surface area contributed by atoms with Crippen LogP contribution in [0.3, 0.4) is 0 Å². The first-order chi connectivity index (χ1) is 24.2. The zero-order valence-electron chi connectivity index (χ0n) is 26.1. The van der Waals surface area contributed by atoms with Crippen LogP contribution in [0.15, 0.2) is 158 Å². The summed E-state index contributed by atoms with van der Waals surface area (Å²) in [5.74, 6) is 6.76. The topological polar surface area (TPSA) is 49.4 Å². The minimum Gasteiger partial charge on any atom is -0.457 e. The van der Waals surface area contributed by atoms with E-state index in [1.807, 2.05) is 133 Å². The summed E-state index contributed by atoms with van der Waals surface area (Å²) in [7, 11) is 0. The number of ether oxygens (including phenoxy) is 5. The molecule has 49 heavy (non-hydrogen) atoms. The molecule has 0 saturated heterocycles. The lowest BCUT2D eigenvalue weighted by Gasteiger charge is -2.44. The van der Waals surface area contributed by atoms with E-state index in [9.17, 15) is 0 Å². The van der Waals surface area contributed by atoms with E-state index < -0.39 is 0 Å². The van der Waals surface area contributed by atoms with Gasteiger partial charge in [-0.3, -0.25) is 0 Å². The van der Waals surface area contributed by atoms with E-state index in [0.717, 1.165) is 51.0 Å². The summed E-state index contributed by atoms with van der Waals surface area (Å²) in [5, 5.41) is 0. The Bertz CT molecular complexity index is 2240. The van der Waals surface area contributed by atoms with Crippen molar-refractivity contribution in [3.8, 4) is 57.5 Å². The van der Waals surface area contributed by atoms with Crippen molar-refractivity contribution >= 4 is 17.1 Å². The molecule has 0 atom stereocenters. The number of benzene rings is 7. The maximum absolute atomic E-state index is 6.80. The van der Waals surface area contributed by atoms with Crippen LogP contribution in [0.2, 0.25) is 0 Å². The number of anilines is 3. The molecule has 0 aliphatic carbocycles. The highest BCUT2D eigenvalue weighted by molar-refractivity contribution is 5.92. The van der Waals surface area contributed by atoms with Gasteiger partial charge in [0.25, 0.3) is 0 Å². The lowest BCUT2D eigenvalue weighted by atomic mass is 9.76. The van der Waals surface area contributed by atoms with Gasteiger partial charge in [-0.25, -0.2) is 0 Å². The highest BCUT2D eigenvalue weighted by Gasteiger charge is 2.46. The summed E-state index contributed by atoms with van der Waals surface area (Å²) < 4.78 is 32.9. The molecule has 0 saturated carbocycles. The largest absolute Gasteiger partial charge is 0.457 e. The fourth-order valence-electron chi connectivity index (χ4n) is 7.03. The van der Waals surface area contributed by atoms with Gasteiger partial charge in [-0.1, -0.05) is 72.8 Å². The van der Waals surface area contributed by atoms with Crippen LogP contribution in [-0.2, 0) is 0 Å². The van der Waals surface area contributed by atoms with Gasteiger partial charge in [-0.2, -0.15) is 0 Å². The fraction of sp³-hybridized carbons (Fsp3) is 0.0233. The van der Waals surface area contributed by atoms with E-state index in [1.165, 1.54) is 0 Å². The van der Waals surface area contributed by atoms with E-state index in [1.54, 1.807) is 0 Å². The Labute approximate surface area is 282 Å². The maximum atomic E-state index is 6.80. The average molecular weight is 638 g/mol. The molecule has 3 aliphatic rings. The lowest BCUT2D eigenvalue weighted by molar-refractivity contribution is 0.394. The van der Waals surface area contributed by atoms with Crippen molar-refractivity contribution < 1.29 is 23.7 Å². The third-order valence-electron chi connectivity index (χ3n) is 9.00. The second-order valence-electron chi connectivity index (χ2n) is 12.1. The van der Waals surface area contributed by atoms with E-state index in [-0.39, 0.29) is 5.92 Å². The van der Waals surface area contributed by atoms with Crippen LogP contribution in [-0.4, -0.2) is 0 Å². The van der Waals surface area contributed by atoms with Crippen molar-refractivity contribution in [2.24, 2.45) is 0 Å². The number of para-hydroxylation sites is 4. The molecular weight excluding hydrogens is 610 g/mol. The van der Waals surface area contributed by atoms with Gasteiger partial charge in [0.2, 0.25) is 0 Å². The molecule has 7 aromatic rings. The Morgan fingerprint density at radius 3 is 1.12 bits per heavy atom. The van der Waals surface area contributed by atoms with Crippen LogP contribution in [0.4, 0.5) is 17.1 Å². The van der Waals surface area contributed by atoms with Crippen molar-refractivity contribution in [1.82, 2.24) is 0 Å². The average Bonchev–Trinajstić information content (AvgIpc) is 3.13. The first-order valence-electron chi connectivity index (χ1n) is 16.2. The van der Waals surface area contributed by atoms with Crippen LogP contribution in [0, 0.1) is 0 Å². The number of hydrogen-bond donors (Lipinski definition) is 0. The summed E-state index contributed by atoms with van der Waals surface area (Å²) in [6, 6.07) is 51.7. The molecular formula is C43H27NO5. The van der Waals surface area contributed by atoms with Gasteiger partial charge in [0, 0.05) is 53.2 Å². The Hall–Kier alpha value is -6.66. The van der Waals surface area contributed by atoms with Gasteiger partial charge in [0.1, 0.15) is 57.5 Å². The highest BCUT2D eigenvalue weighted by Crippen LogP contribution is 2.66. The zero-order chi connectivity index (χ0) is 32.3. The van der Waals surface area contributed by atoms with Gasteiger partial charge >= 0.3 is 0 Å². The SMILES string of the molecule is c1ccc(Oc2cc3c4c(c2)Oc2cc(Oc5ccccc5)cc5c2C4c2c(cc(Oc4ccccc4)cc2N5c2ccccc2)O3)cc1. The summed E-state index contributed by atoms with van der Waals surface area (Å²) in [6.45, 7) is 0. The van der Waals surface area contributed by atoms with Crippen molar-refractivity contribution in [3.05, 3.63) is 174 Å². The normalized spacial score (nSPS) is 13.1. The van der Waals surface area contributed by atoms with Gasteiger partial charge in [-0.05, 0) is 48.5 Å². The molecule has 0 spiro atoms. The summed E-state index contributed by atoms with van der Waals surface area (Å²) in [4.78, 5) is 2.25. The number of hydrogen-bond acceptors (Lipinski definition) is 6. The number of nitrogens with zero attached hydrogens (tertiary/aromatic N) is 1. The molecule has 3 heterocycles. The van der Waals surface area contributed by atoms with Gasteiger partial charge in [0.15, 0.2) is 0 Å². The standard InChI is InChI=1S/C43H27NO5/c1-5-13-27(14-6-1)44-34-21-31(45-28-15-7-2-8-16-28)23-36-40(34)43-41-35(44)22-32(46-29-17-9-3-10-18-29)24-37(41)49-39-26-33(25-38(48-36)42(39)43)47-30-19-11-4-12-20-30/h1-26,43H. The summed E-state index contributed by atoms with van der Waals surface area (Å²) >= 11 is 0. The minimum absolute atomic E-state index is 0.162. The van der Waals surface area contributed by atoms with Gasteiger partial charge < -0.3 is 28.6 Å². The van der Waals surface area contributed by atoms with Crippen molar-refractivity contribution in [1.29, 1.82) is 0 Å². The van der Waals surface area contributed by atoms with Gasteiger partial charge in [0.05, 0.1) is 22.9 Å². The molecule has 6 heteroatoms. The minimum atomic E-state index is -0.162. The second kappa shape index (κ2) is 11.0. The highest BCUT2D eigenvalue weighted by atomic mass is 16.5. The quantitative estimate of drug-likeness (QED) is 0.173. The second-order valence-corrected chi connectivity index (χ2v) is 12.1. The molecule has 0 amide bonds. The predicted molar refractivity (Wildman–Crippen MR) is 188 cm³/mol. The monoisotopic (exact) mass is 637 g/mol. The first-order valence-corrected chi connectivity index (χ1v) is 16.2. The maximum Gasteiger partial charge on any atom is 0.139 e. The van der Waals surface area contributed by atoms with E-state index >= 15 is 0 Å². The zero-order valence-corrected chi connectivity index (χ0v) is 26.1. The molecule has 3 aliphatic heterocycles. The Morgan fingerprint density at radius 1 is 0.367 bits per heavy atom. The molecule has 0 radical (unpaired) electrons. The molecule has 0 unspecified atom stereocenters. The lowest BCUT2D eigenvalue weighted by Crippen LogP contribution is -2.27. The molecule has 0 N–H and O–H groups in total. The molecule has 234 valence electrons. The summed E-state index contributed by atoms with van der Waals surface area (Å²) in [6.07, 6.45) is 0. The van der Waals surface area contributed by atoms with Crippen LogP contribution in [0.1, 0.15) is 22.6 Å².